The first-order chi connectivity index (χ1) is 15.3. The van der Waals surface area contributed by atoms with E-state index in [2.05, 4.69) is 34.7 Å². The number of halogens is 1. The van der Waals surface area contributed by atoms with E-state index >= 15 is 0 Å². The number of rotatable bonds is 9. The van der Waals surface area contributed by atoms with Crippen molar-refractivity contribution in [3.63, 3.8) is 0 Å². The van der Waals surface area contributed by atoms with Gasteiger partial charge in [0.05, 0.1) is 11.3 Å². The van der Waals surface area contributed by atoms with Crippen molar-refractivity contribution in [2.45, 2.75) is 31.3 Å². The van der Waals surface area contributed by atoms with E-state index in [-0.39, 0.29) is 23.8 Å². The molecule has 1 aromatic heterocycles. The highest BCUT2D eigenvalue weighted by atomic mass is 32.2. The number of thioether (sulfide) groups is 1. The van der Waals surface area contributed by atoms with Crippen LogP contribution in [0, 0.1) is 5.82 Å². The van der Waals surface area contributed by atoms with Crippen LogP contribution in [-0.2, 0) is 18.3 Å². The van der Waals surface area contributed by atoms with E-state index in [9.17, 15) is 14.0 Å². The SMILES string of the molecule is CC(C)c1ccc(NC(=O)CSc2nnc(CCNC(=O)c3ccccc3F)n2C)cc1. The van der Waals surface area contributed by atoms with E-state index < -0.39 is 11.7 Å². The number of amides is 2. The normalized spacial score (nSPS) is 10.9. The molecule has 0 aliphatic carbocycles. The van der Waals surface area contributed by atoms with Crippen molar-refractivity contribution in [3.8, 4) is 0 Å². The number of carbonyl (C=O) groups excluding carboxylic acids is 2. The van der Waals surface area contributed by atoms with Crippen molar-refractivity contribution in [3.05, 3.63) is 71.3 Å². The van der Waals surface area contributed by atoms with E-state index in [1.165, 1.54) is 35.5 Å². The molecule has 2 aromatic carbocycles. The Kier molecular flexibility index (Phi) is 7.99. The average molecular weight is 456 g/mol. The molecule has 0 bridgehead atoms. The number of benzene rings is 2. The van der Waals surface area contributed by atoms with Crippen LogP contribution in [0.5, 0.6) is 0 Å². The fourth-order valence-electron chi connectivity index (χ4n) is 3.00. The summed E-state index contributed by atoms with van der Waals surface area (Å²) in [6.45, 7) is 4.53. The van der Waals surface area contributed by atoms with Crippen LogP contribution in [0.15, 0.2) is 53.7 Å². The maximum atomic E-state index is 13.7. The van der Waals surface area contributed by atoms with Crippen LogP contribution in [0.4, 0.5) is 10.1 Å². The van der Waals surface area contributed by atoms with E-state index in [0.29, 0.717) is 23.3 Å². The quantitative estimate of drug-likeness (QED) is 0.480. The number of nitrogens with zero attached hydrogens (tertiary/aromatic N) is 3. The number of hydrogen-bond donors (Lipinski definition) is 2. The van der Waals surface area contributed by atoms with Gasteiger partial charge in [-0.25, -0.2) is 4.39 Å². The van der Waals surface area contributed by atoms with Gasteiger partial charge >= 0.3 is 0 Å². The van der Waals surface area contributed by atoms with Crippen LogP contribution >= 0.6 is 11.8 Å². The van der Waals surface area contributed by atoms with Crippen LogP contribution in [0.1, 0.15) is 41.5 Å². The Labute approximate surface area is 190 Å². The largest absolute Gasteiger partial charge is 0.351 e. The maximum absolute atomic E-state index is 13.7. The molecule has 3 aromatic rings. The molecule has 9 heteroatoms. The van der Waals surface area contributed by atoms with Gasteiger partial charge in [0.25, 0.3) is 5.91 Å². The highest BCUT2D eigenvalue weighted by Crippen LogP contribution is 2.19. The van der Waals surface area contributed by atoms with Gasteiger partial charge in [0.15, 0.2) is 5.16 Å². The molecule has 0 spiro atoms. The molecule has 0 aliphatic rings. The Morgan fingerprint density at radius 1 is 1.09 bits per heavy atom. The lowest BCUT2D eigenvalue weighted by Crippen LogP contribution is -2.27. The molecule has 0 radical (unpaired) electrons. The molecule has 7 nitrogen and oxygen atoms in total. The van der Waals surface area contributed by atoms with E-state index in [0.717, 1.165) is 5.69 Å². The van der Waals surface area contributed by atoms with Gasteiger partial charge < -0.3 is 15.2 Å². The molecule has 0 atom stereocenters. The van der Waals surface area contributed by atoms with Crippen molar-refractivity contribution in [1.82, 2.24) is 20.1 Å². The molecule has 32 heavy (non-hydrogen) atoms. The molecular weight excluding hydrogens is 429 g/mol. The summed E-state index contributed by atoms with van der Waals surface area (Å²) in [5, 5.41) is 14.4. The zero-order valence-electron chi connectivity index (χ0n) is 18.3. The second-order valence-corrected chi connectivity index (χ2v) is 8.50. The fourth-order valence-corrected chi connectivity index (χ4v) is 3.73. The second-order valence-electron chi connectivity index (χ2n) is 7.56. The smallest absolute Gasteiger partial charge is 0.254 e. The summed E-state index contributed by atoms with van der Waals surface area (Å²) in [6.07, 6.45) is 0.429. The Hall–Kier alpha value is -3.20. The summed E-state index contributed by atoms with van der Waals surface area (Å²) >= 11 is 1.28. The predicted molar refractivity (Wildman–Crippen MR) is 123 cm³/mol. The molecule has 0 saturated heterocycles. The van der Waals surface area contributed by atoms with Gasteiger partial charge in [-0.1, -0.05) is 49.9 Å². The molecule has 0 aliphatic heterocycles. The third-order valence-electron chi connectivity index (χ3n) is 4.87. The Morgan fingerprint density at radius 3 is 2.50 bits per heavy atom. The van der Waals surface area contributed by atoms with Gasteiger partial charge in [0.1, 0.15) is 11.6 Å². The lowest BCUT2D eigenvalue weighted by molar-refractivity contribution is -0.113. The fraction of sp³-hybridized carbons (Fsp3) is 0.304. The van der Waals surface area contributed by atoms with E-state index in [1.807, 2.05) is 24.3 Å². The van der Waals surface area contributed by atoms with Gasteiger partial charge in [-0.3, -0.25) is 9.59 Å². The number of anilines is 1. The third kappa shape index (κ3) is 6.16. The predicted octanol–water partition coefficient (Wildman–Crippen LogP) is 3.78. The molecule has 2 N–H and O–H groups in total. The monoisotopic (exact) mass is 455 g/mol. The highest BCUT2D eigenvalue weighted by molar-refractivity contribution is 7.99. The topological polar surface area (TPSA) is 88.9 Å². The summed E-state index contributed by atoms with van der Waals surface area (Å²) in [7, 11) is 1.80. The molecule has 1 heterocycles. The van der Waals surface area contributed by atoms with Gasteiger partial charge in [-0.05, 0) is 35.7 Å². The van der Waals surface area contributed by atoms with E-state index in [4.69, 9.17) is 0 Å². The van der Waals surface area contributed by atoms with Crippen LogP contribution in [0.2, 0.25) is 0 Å². The Bertz CT molecular complexity index is 1080. The third-order valence-corrected chi connectivity index (χ3v) is 5.89. The molecule has 0 unspecified atom stereocenters. The van der Waals surface area contributed by atoms with Gasteiger partial charge in [0.2, 0.25) is 5.91 Å². The average Bonchev–Trinajstić information content (AvgIpc) is 3.12. The molecule has 0 saturated carbocycles. The molecular formula is C23H26FN5O2S. The van der Waals surface area contributed by atoms with Crippen LogP contribution < -0.4 is 10.6 Å². The summed E-state index contributed by atoms with van der Waals surface area (Å²) in [5.74, 6) is 0.129. The lowest BCUT2D eigenvalue weighted by atomic mass is 10.0. The number of nitrogens with one attached hydrogen (secondary N) is 2. The van der Waals surface area contributed by atoms with Gasteiger partial charge in [0, 0.05) is 25.7 Å². The Morgan fingerprint density at radius 2 is 1.81 bits per heavy atom. The zero-order chi connectivity index (χ0) is 23.1. The van der Waals surface area contributed by atoms with Crippen molar-refractivity contribution in [1.29, 1.82) is 0 Å². The van der Waals surface area contributed by atoms with Crippen molar-refractivity contribution >= 4 is 29.3 Å². The zero-order valence-corrected chi connectivity index (χ0v) is 19.1. The van der Waals surface area contributed by atoms with Gasteiger partial charge in [-0.2, -0.15) is 0 Å². The highest BCUT2D eigenvalue weighted by Gasteiger charge is 2.14. The van der Waals surface area contributed by atoms with Crippen LogP contribution in [-0.4, -0.2) is 38.9 Å². The molecule has 2 amide bonds. The lowest BCUT2D eigenvalue weighted by Gasteiger charge is -2.08. The molecule has 3 rings (SSSR count). The molecule has 0 fully saturated rings. The first-order valence-electron chi connectivity index (χ1n) is 10.3. The minimum Gasteiger partial charge on any atom is -0.351 e. The summed E-state index contributed by atoms with van der Waals surface area (Å²) < 4.78 is 15.5. The standard InChI is InChI=1S/C23H26FN5O2S/c1-15(2)16-8-10-17(11-9-16)26-21(30)14-32-23-28-27-20(29(23)3)12-13-25-22(31)18-6-4-5-7-19(18)24/h4-11,15H,12-14H2,1-3H3,(H,25,31)(H,26,30). The van der Waals surface area contributed by atoms with Crippen LogP contribution in [0.25, 0.3) is 0 Å². The van der Waals surface area contributed by atoms with Gasteiger partial charge in [-0.15, -0.1) is 10.2 Å². The number of aromatic nitrogens is 3. The first kappa shape index (κ1) is 23.5. The second kappa shape index (κ2) is 10.9. The first-order valence-corrected chi connectivity index (χ1v) is 11.3. The summed E-state index contributed by atoms with van der Waals surface area (Å²) in [5.41, 5.74) is 1.98. The number of hydrogen-bond acceptors (Lipinski definition) is 5. The molecule has 168 valence electrons. The summed E-state index contributed by atoms with van der Waals surface area (Å²) in [6, 6.07) is 13.6. The number of carbonyl (C=O) groups is 2. The van der Waals surface area contributed by atoms with Crippen molar-refractivity contribution in [2.24, 2.45) is 7.05 Å². The summed E-state index contributed by atoms with van der Waals surface area (Å²) in [4.78, 5) is 24.3. The van der Waals surface area contributed by atoms with Crippen LogP contribution in [0.3, 0.4) is 0 Å². The van der Waals surface area contributed by atoms with E-state index in [1.54, 1.807) is 17.7 Å². The Balaban J connectivity index is 1.46. The maximum Gasteiger partial charge on any atom is 0.254 e. The van der Waals surface area contributed by atoms with Crippen molar-refractivity contribution < 1.29 is 14.0 Å². The van der Waals surface area contributed by atoms with Crippen molar-refractivity contribution in [2.75, 3.05) is 17.6 Å². The minimum absolute atomic E-state index is 0.00608. The minimum atomic E-state index is -0.559.